The van der Waals surface area contributed by atoms with Gasteiger partial charge in [0.1, 0.15) is 5.76 Å². The molecule has 3 heterocycles. The number of hydrogen-bond acceptors (Lipinski definition) is 2. The van der Waals surface area contributed by atoms with Crippen LogP contribution in [0.15, 0.2) is 41.8 Å². The van der Waals surface area contributed by atoms with Gasteiger partial charge in [0.15, 0.2) is 11.5 Å². The molecule has 2 aliphatic heterocycles. The average molecular weight is 587 g/mol. The number of aryl methyl sites for hydroxylation is 1. The summed E-state index contributed by atoms with van der Waals surface area (Å²) in [5.41, 5.74) is 3.24. The lowest BCUT2D eigenvalue weighted by Crippen LogP contribution is -2.68. The summed E-state index contributed by atoms with van der Waals surface area (Å²) in [7, 11) is -4.44. The van der Waals surface area contributed by atoms with Gasteiger partial charge in [-0.2, -0.15) is 0 Å². The van der Waals surface area contributed by atoms with Crippen molar-refractivity contribution in [3.05, 3.63) is 53.2 Å². The van der Waals surface area contributed by atoms with E-state index in [9.17, 15) is 8.63 Å². The quantitative estimate of drug-likeness (QED) is 0.0991. The Bertz CT molecular complexity index is 1030. The predicted molar refractivity (Wildman–Crippen MR) is 173 cm³/mol. The van der Waals surface area contributed by atoms with Crippen molar-refractivity contribution >= 4 is 18.6 Å². The van der Waals surface area contributed by atoms with Gasteiger partial charge in [0, 0.05) is 30.3 Å². The Morgan fingerprint density at radius 1 is 0.643 bits per heavy atom. The van der Waals surface area contributed by atoms with Crippen molar-refractivity contribution < 1.29 is 22.9 Å². The van der Waals surface area contributed by atoms with Gasteiger partial charge in [-0.05, 0) is 31.4 Å². The van der Waals surface area contributed by atoms with Crippen LogP contribution in [0.3, 0.4) is 0 Å². The molecule has 3 rings (SSSR count). The van der Waals surface area contributed by atoms with Gasteiger partial charge < -0.3 is 22.9 Å². The van der Waals surface area contributed by atoms with Crippen LogP contribution in [0.2, 0.25) is 0 Å². The molecule has 0 fully saturated rings. The van der Waals surface area contributed by atoms with Gasteiger partial charge in [-0.25, -0.2) is 4.99 Å². The fraction of sp³-hybridized carbons (Fsp3) is 0.686. The second-order valence-electron chi connectivity index (χ2n) is 12.3. The first kappa shape index (κ1) is 34.2. The largest absolute Gasteiger partial charge is 0.726 e. The minimum Gasteiger partial charge on any atom is -0.626 e. The number of unbranched alkanes of at least 4 members (excludes halogenated alkanes) is 18. The van der Waals surface area contributed by atoms with Crippen LogP contribution in [-0.4, -0.2) is 17.8 Å². The van der Waals surface area contributed by atoms with E-state index in [0.29, 0.717) is 11.4 Å². The van der Waals surface area contributed by atoms with Gasteiger partial charge in [-0.15, -0.1) is 0 Å². The zero-order valence-electron chi connectivity index (χ0n) is 26.6. The topological polar surface area (TPSA) is 48.2 Å². The van der Waals surface area contributed by atoms with Crippen molar-refractivity contribution in [2.24, 2.45) is 0 Å². The molecule has 4 nitrogen and oxygen atoms in total. The highest BCUT2D eigenvalue weighted by atomic mass is 19.3. The van der Waals surface area contributed by atoms with Crippen LogP contribution >= 0.6 is 0 Å². The second-order valence-corrected chi connectivity index (χ2v) is 12.3. The number of aromatic amines is 1. The molecule has 0 saturated heterocycles. The van der Waals surface area contributed by atoms with Gasteiger partial charge in [-0.3, -0.25) is 0 Å². The first-order valence-corrected chi connectivity index (χ1v) is 17.3. The van der Waals surface area contributed by atoms with Crippen molar-refractivity contribution in [1.82, 2.24) is 4.98 Å². The Labute approximate surface area is 254 Å². The molecule has 42 heavy (non-hydrogen) atoms. The summed E-state index contributed by atoms with van der Waals surface area (Å²) >= 11 is 0. The molecule has 0 atom stereocenters. The number of halogens is 2. The van der Waals surface area contributed by atoms with E-state index in [1.807, 2.05) is 24.3 Å². The van der Waals surface area contributed by atoms with Crippen LogP contribution in [0.25, 0.3) is 5.76 Å². The van der Waals surface area contributed by atoms with Crippen LogP contribution in [0.1, 0.15) is 160 Å². The lowest BCUT2D eigenvalue weighted by Gasteiger charge is -2.33. The van der Waals surface area contributed by atoms with Gasteiger partial charge in [0.05, 0.1) is 5.69 Å². The summed E-state index contributed by atoms with van der Waals surface area (Å²) in [6, 6.07) is 3.81. The van der Waals surface area contributed by atoms with Crippen molar-refractivity contribution in [2.45, 2.75) is 155 Å². The third-order valence-electron chi connectivity index (χ3n) is 8.41. The van der Waals surface area contributed by atoms with E-state index < -0.39 is 7.11 Å². The maximum Gasteiger partial charge on any atom is 0.726 e. The normalized spacial score (nSPS) is 17.7. The standard InChI is InChI=1S/C35H56BF2N2O2/c1-3-5-7-9-11-13-15-17-19-21-23-30-25-27-32(39-30)34-29-35(42-36(37,38)41-34)33-28-26-31(40-33)24-22-20-18-16-14-12-10-8-6-4-2/h25-29,39H,3-24H2,1-2H3/q-1/p+1/b35-33-. The van der Waals surface area contributed by atoms with Gasteiger partial charge in [-0.1, -0.05) is 129 Å². The molecule has 2 aliphatic rings. The summed E-state index contributed by atoms with van der Waals surface area (Å²) in [6.45, 7) is 4.51. The Morgan fingerprint density at radius 2 is 1.17 bits per heavy atom. The minimum absolute atomic E-state index is 0.126. The summed E-state index contributed by atoms with van der Waals surface area (Å²) < 4.78 is 38.9. The monoisotopic (exact) mass is 586 g/mol. The first-order valence-electron chi connectivity index (χ1n) is 17.3. The fourth-order valence-corrected chi connectivity index (χ4v) is 5.85. The molecule has 0 aliphatic carbocycles. The number of hydrogen-bond donors (Lipinski definition) is 2. The number of H-pyrrole nitrogens is 1. The van der Waals surface area contributed by atoms with Crippen molar-refractivity contribution in [3.63, 3.8) is 0 Å². The average Bonchev–Trinajstić information content (AvgIpc) is 3.64. The number of rotatable bonds is 23. The molecule has 0 amide bonds. The summed E-state index contributed by atoms with van der Waals surface area (Å²) in [6.07, 6.45) is 33.1. The smallest absolute Gasteiger partial charge is 0.626 e. The van der Waals surface area contributed by atoms with E-state index in [1.54, 1.807) is 6.08 Å². The zero-order chi connectivity index (χ0) is 29.9. The summed E-state index contributed by atoms with van der Waals surface area (Å²) in [4.78, 5) is 6.59. The maximum absolute atomic E-state index is 14.5. The van der Waals surface area contributed by atoms with E-state index >= 15 is 0 Å². The number of nitrogens with one attached hydrogen (secondary N) is 2. The Kier molecular flexibility index (Phi) is 16.1. The molecular weight excluding hydrogens is 529 g/mol. The highest BCUT2D eigenvalue weighted by molar-refractivity contribution is 6.53. The molecule has 0 radical (unpaired) electrons. The highest BCUT2D eigenvalue weighted by Gasteiger charge is 2.40. The Hall–Kier alpha value is -2.31. The first-order chi connectivity index (χ1) is 20.5. The maximum atomic E-state index is 14.5. The van der Waals surface area contributed by atoms with Gasteiger partial charge in [0.2, 0.25) is 5.70 Å². The Morgan fingerprint density at radius 3 is 1.74 bits per heavy atom. The zero-order valence-corrected chi connectivity index (χ0v) is 26.6. The third kappa shape index (κ3) is 13.3. The van der Waals surface area contributed by atoms with E-state index in [4.69, 9.17) is 9.31 Å². The third-order valence-corrected chi connectivity index (χ3v) is 8.41. The van der Waals surface area contributed by atoms with E-state index in [0.717, 1.165) is 37.1 Å². The lowest BCUT2D eigenvalue weighted by atomic mass is 10.0. The number of allylic oxidation sites excluding steroid dienone is 3. The van der Waals surface area contributed by atoms with E-state index in [-0.39, 0.29) is 11.5 Å². The fourth-order valence-electron chi connectivity index (χ4n) is 5.85. The molecular formula is C35H57BF2N2O2. The van der Waals surface area contributed by atoms with Crippen LogP contribution in [0, 0.1) is 0 Å². The van der Waals surface area contributed by atoms with E-state index in [2.05, 4.69) is 23.8 Å². The minimum atomic E-state index is -4.44. The summed E-state index contributed by atoms with van der Waals surface area (Å²) in [5.74, 6) is 0.253. The lowest BCUT2D eigenvalue weighted by molar-refractivity contribution is -0.390. The van der Waals surface area contributed by atoms with Gasteiger partial charge in [0.25, 0.3) is 0 Å². The Balaban J connectivity index is 1.41. The van der Waals surface area contributed by atoms with Crippen molar-refractivity contribution in [3.8, 4) is 0 Å². The molecule has 1 aromatic rings. The predicted octanol–water partition coefficient (Wildman–Crippen LogP) is 9.85. The SMILES string of the molecule is CCCCCCCCCCCCC1=[NH+]/C(=C2/C=C(c3ccc(CCCCCCCCCCCC)[nH]3)O[B-](F)(F)O2)C=C1. The van der Waals surface area contributed by atoms with Gasteiger partial charge >= 0.3 is 7.11 Å². The van der Waals surface area contributed by atoms with Crippen molar-refractivity contribution in [2.75, 3.05) is 0 Å². The molecule has 7 heteroatoms. The molecule has 0 spiro atoms. The molecule has 1 aromatic heterocycles. The van der Waals surface area contributed by atoms with Crippen LogP contribution in [-0.2, 0) is 15.7 Å². The van der Waals surface area contributed by atoms with Crippen LogP contribution in [0.5, 0.6) is 0 Å². The highest BCUT2D eigenvalue weighted by Crippen LogP contribution is 2.32. The molecule has 0 aromatic carbocycles. The molecule has 0 bridgehead atoms. The number of aromatic nitrogens is 1. The molecule has 0 unspecified atom stereocenters. The molecule has 0 saturated carbocycles. The summed E-state index contributed by atoms with van der Waals surface area (Å²) in [5, 5.41) is 0. The molecule has 236 valence electrons. The van der Waals surface area contributed by atoms with Crippen molar-refractivity contribution in [1.29, 1.82) is 0 Å². The van der Waals surface area contributed by atoms with Crippen LogP contribution < -0.4 is 4.99 Å². The molecule has 2 N–H and O–H groups in total. The van der Waals surface area contributed by atoms with Crippen LogP contribution in [0.4, 0.5) is 8.63 Å². The van der Waals surface area contributed by atoms with E-state index in [1.165, 1.54) is 116 Å². The second kappa shape index (κ2) is 19.8.